The van der Waals surface area contributed by atoms with Gasteiger partial charge in [0.1, 0.15) is 0 Å². The van der Waals surface area contributed by atoms with Gasteiger partial charge in [-0.1, -0.05) is 24.3 Å². The highest BCUT2D eigenvalue weighted by Gasteiger charge is 2.21. The van der Waals surface area contributed by atoms with Gasteiger partial charge >= 0.3 is 0 Å². The molecule has 0 saturated carbocycles. The van der Waals surface area contributed by atoms with E-state index in [0.29, 0.717) is 5.84 Å². The van der Waals surface area contributed by atoms with Gasteiger partial charge in [0.2, 0.25) is 0 Å². The third-order valence-corrected chi connectivity index (χ3v) is 2.74. The van der Waals surface area contributed by atoms with Gasteiger partial charge in [-0.2, -0.15) is 0 Å². The van der Waals surface area contributed by atoms with Crippen LogP contribution in [-0.2, 0) is 6.42 Å². The van der Waals surface area contributed by atoms with Crippen molar-refractivity contribution in [3.05, 3.63) is 35.4 Å². The third kappa shape index (κ3) is 1.90. The van der Waals surface area contributed by atoms with Crippen molar-refractivity contribution in [2.45, 2.75) is 25.2 Å². The average molecular weight is 211 g/mol. The fourth-order valence-corrected chi connectivity index (χ4v) is 2.08. The van der Waals surface area contributed by atoms with Crippen LogP contribution in [0.2, 0.25) is 0 Å². The molecule has 0 fully saturated rings. The molecule has 1 atom stereocenters. The van der Waals surface area contributed by atoms with E-state index in [4.69, 9.17) is 11.1 Å². The maximum absolute atomic E-state index is 7.50. The molecule has 1 aliphatic rings. The van der Waals surface area contributed by atoms with Crippen molar-refractivity contribution in [1.29, 1.82) is 5.41 Å². The van der Waals surface area contributed by atoms with Crippen LogP contribution in [0.1, 0.15) is 29.9 Å². The molecule has 0 amide bonds. The molecular formula is C11H15ClN2. The molecule has 14 heavy (non-hydrogen) atoms. The second-order valence-electron chi connectivity index (χ2n) is 3.60. The fraction of sp³-hybridized carbons (Fsp3) is 0.364. The third-order valence-electron chi connectivity index (χ3n) is 2.74. The van der Waals surface area contributed by atoms with Crippen LogP contribution >= 0.6 is 12.4 Å². The molecule has 0 radical (unpaired) electrons. The molecule has 2 rings (SSSR count). The summed E-state index contributed by atoms with van der Waals surface area (Å²) < 4.78 is 0. The first kappa shape index (κ1) is 11.1. The van der Waals surface area contributed by atoms with Crippen molar-refractivity contribution in [2.75, 3.05) is 0 Å². The predicted molar refractivity (Wildman–Crippen MR) is 61.3 cm³/mol. The molecular weight excluding hydrogens is 196 g/mol. The summed E-state index contributed by atoms with van der Waals surface area (Å²) in [6.07, 6.45) is 3.33. The minimum Gasteiger partial charge on any atom is -0.387 e. The SMILES string of the molecule is Cl.N=C(N)C1CCCc2ccccc21. The summed E-state index contributed by atoms with van der Waals surface area (Å²) in [6.45, 7) is 0. The zero-order valence-electron chi connectivity index (χ0n) is 7.99. The molecule has 0 aromatic heterocycles. The van der Waals surface area contributed by atoms with Crippen LogP contribution in [0.4, 0.5) is 0 Å². The van der Waals surface area contributed by atoms with Crippen molar-refractivity contribution in [3.63, 3.8) is 0 Å². The Labute approximate surface area is 90.4 Å². The van der Waals surface area contributed by atoms with Crippen molar-refractivity contribution in [3.8, 4) is 0 Å². The number of nitrogens with two attached hydrogens (primary N) is 1. The Bertz CT molecular complexity index is 336. The number of halogens is 1. The summed E-state index contributed by atoms with van der Waals surface area (Å²) in [5, 5.41) is 7.50. The van der Waals surface area contributed by atoms with Gasteiger partial charge in [0.05, 0.1) is 5.84 Å². The van der Waals surface area contributed by atoms with Gasteiger partial charge in [-0.25, -0.2) is 0 Å². The van der Waals surface area contributed by atoms with E-state index >= 15 is 0 Å². The minimum absolute atomic E-state index is 0. The quantitative estimate of drug-likeness (QED) is 0.543. The van der Waals surface area contributed by atoms with Crippen molar-refractivity contribution in [1.82, 2.24) is 0 Å². The predicted octanol–water partition coefficient (Wildman–Crippen LogP) is 2.46. The topological polar surface area (TPSA) is 49.9 Å². The standard InChI is InChI=1S/C11H14N2.ClH/c12-11(13)10-7-3-5-8-4-1-2-6-9(8)10;/h1-2,4,6,10H,3,5,7H2,(H3,12,13);1H. The van der Waals surface area contributed by atoms with Gasteiger partial charge in [-0.05, 0) is 30.4 Å². The number of nitrogens with one attached hydrogen (secondary N) is 1. The van der Waals surface area contributed by atoms with Gasteiger partial charge in [-0.3, -0.25) is 5.41 Å². The van der Waals surface area contributed by atoms with Gasteiger partial charge in [-0.15, -0.1) is 12.4 Å². The van der Waals surface area contributed by atoms with E-state index in [1.54, 1.807) is 0 Å². The van der Waals surface area contributed by atoms with E-state index in [1.807, 2.05) is 6.07 Å². The summed E-state index contributed by atoms with van der Waals surface area (Å²) in [6, 6.07) is 8.33. The molecule has 1 aromatic rings. The highest BCUT2D eigenvalue weighted by atomic mass is 35.5. The first-order valence-corrected chi connectivity index (χ1v) is 4.71. The first-order valence-electron chi connectivity index (χ1n) is 4.71. The monoisotopic (exact) mass is 210 g/mol. The van der Waals surface area contributed by atoms with Crippen molar-refractivity contribution >= 4 is 18.2 Å². The number of fused-ring (bicyclic) bond motifs is 1. The van der Waals surface area contributed by atoms with Gasteiger partial charge < -0.3 is 5.73 Å². The Hall–Kier alpha value is -1.02. The Kier molecular flexibility index (Phi) is 3.53. The van der Waals surface area contributed by atoms with Crippen LogP contribution in [0.25, 0.3) is 0 Å². The van der Waals surface area contributed by atoms with E-state index < -0.39 is 0 Å². The zero-order valence-corrected chi connectivity index (χ0v) is 8.81. The van der Waals surface area contributed by atoms with Crippen LogP contribution < -0.4 is 5.73 Å². The Morgan fingerprint density at radius 2 is 2.07 bits per heavy atom. The first-order chi connectivity index (χ1) is 6.29. The van der Waals surface area contributed by atoms with Crippen LogP contribution in [0.3, 0.4) is 0 Å². The molecule has 2 nitrogen and oxygen atoms in total. The van der Waals surface area contributed by atoms with E-state index in [9.17, 15) is 0 Å². The lowest BCUT2D eigenvalue weighted by molar-refractivity contribution is 0.645. The van der Waals surface area contributed by atoms with E-state index in [-0.39, 0.29) is 18.3 Å². The number of benzene rings is 1. The molecule has 3 N–H and O–H groups in total. The number of aryl methyl sites for hydroxylation is 1. The lowest BCUT2D eigenvalue weighted by Gasteiger charge is -2.24. The smallest absolute Gasteiger partial charge is 0.0982 e. The molecule has 0 bridgehead atoms. The maximum Gasteiger partial charge on any atom is 0.0982 e. The van der Waals surface area contributed by atoms with E-state index in [0.717, 1.165) is 19.3 Å². The number of rotatable bonds is 1. The van der Waals surface area contributed by atoms with Crippen molar-refractivity contribution in [2.24, 2.45) is 5.73 Å². The number of hydrogen-bond donors (Lipinski definition) is 2. The number of amidine groups is 1. The van der Waals surface area contributed by atoms with Gasteiger partial charge in [0, 0.05) is 5.92 Å². The summed E-state index contributed by atoms with van der Waals surface area (Å²) in [5.74, 6) is 0.483. The highest BCUT2D eigenvalue weighted by Crippen LogP contribution is 2.30. The largest absolute Gasteiger partial charge is 0.387 e. The maximum atomic E-state index is 7.50. The summed E-state index contributed by atoms with van der Waals surface area (Å²) >= 11 is 0. The molecule has 1 unspecified atom stereocenters. The molecule has 0 heterocycles. The molecule has 3 heteroatoms. The normalized spacial score (nSPS) is 19.3. The molecule has 76 valence electrons. The second-order valence-corrected chi connectivity index (χ2v) is 3.60. The summed E-state index contributed by atoms with van der Waals surface area (Å²) in [4.78, 5) is 0. The zero-order chi connectivity index (χ0) is 9.26. The van der Waals surface area contributed by atoms with Crippen LogP contribution in [0.15, 0.2) is 24.3 Å². The summed E-state index contributed by atoms with van der Waals surface area (Å²) in [5.41, 5.74) is 8.20. The Balaban J connectivity index is 0.000000980. The van der Waals surface area contributed by atoms with Gasteiger partial charge in [0.15, 0.2) is 0 Å². The fourth-order valence-electron chi connectivity index (χ4n) is 2.08. The van der Waals surface area contributed by atoms with E-state index in [1.165, 1.54) is 11.1 Å². The molecule has 1 aliphatic carbocycles. The Morgan fingerprint density at radius 3 is 2.79 bits per heavy atom. The second kappa shape index (κ2) is 4.47. The molecule has 1 aromatic carbocycles. The lowest BCUT2D eigenvalue weighted by Crippen LogP contribution is -2.24. The van der Waals surface area contributed by atoms with Crippen molar-refractivity contribution < 1.29 is 0 Å². The molecule has 0 spiro atoms. The van der Waals surface area contributed by atoms with Crippen LogP contribution in [-0.4, -0.2) is 5.84 Å². The lowest BCUT2D eigenvalue weighted by atomic mass is 9.82. The number of hydrogen-bond acceptors (Lipinski definition) is 1. The highest BCUT2D eigenvalue weighted by molar-refractivity contribution is 5.85. The molecule has 0 aliphatic heterocycles. The van der Waals surface area contributed by atoms with E-state index in [2.05, 4.69) is 18.2 Å². The van der Waals surface area contributed by atoms with Gasteiger partial charge in [0.25, 0.3) is 0 Å². The van der Waals surface area contributed by atoms with Crippen LogP contribution in [0.5, 0.6) is 0 Å². The summed E-state index contributed by atoms with van der Waals surface area (Å²) in [7, 11) is 0. The Morgan fingerprint density at radius 1 is 1.36 bits per heavy atom. The van der Waals surface area contributed by atoms with Crippen LogP contribution in [0, 0.1) is 5.41 Å². The molecule has 0 saturated heterocycles. The minimum atomic E-state index is 0. The average Bonchev–Trinajstić information content (AvgIpc) is 2.17.